The molecule has 0 fully saturated rings. The summed E-state index contributed by atoms with van der Waals surface area (Å²) in [6.07, 6.45) is -3.31. The van der Waals surface area contributed by atoms with Crippen LogP contribution in [0.25, 0.3) is 0 Å². The van der Waals surface area contributed by atoms with Gasteiger partial charge < -0.3 is 20.1 Å². The third-order valence-electron chi connectivity index (χ3n) is 2.68. The van der Waals surface area contributed by atoms with Gasteiger partial charge >= 0.3 is 11.9 Å². The van der Waals surface area contributed by atoms with Crippen LogP contribution in [0.3, 0.4) is 0 Å². The molecule has 0 saturated heterocycles. The van der Waals surface area contributed by atoms with Crippen LogP contribution in [-0.2, 0) is 20.7 Å². The number of carboxylic acids is 1. The minimum atomic E-state index is -1.35. The van der Waals surface area contributed by atoms with Crippen LogP contribution in [-0.4, -0.2) is 40.5 Å². The largest absolute Gasteiger partial charge is 0.481 e. The van der Waals surface area contributed by atoms with E-state index in [1.165, 1.54) is 13.2 Å². The molecule has 0 aliphatic carbocycles. The van der Waals surface area contributed by atoms with Crippen molar-refractivity contribution in [1.82, 2.24) is 0 Å². The Balaban J connectivity index is 2.89. The number of esters is 1. The fourth-order valence-electron chi connectivity index (χ4n) is 1.72. The monoisotopic (exact) mass is 268 g/mol. The summed E-state index contributed by atoms with van der Waals surface area (Å²) in [5.74, 6) is -1.69. The molecule has 0 aromatic heterocycles. The molecule has 0 aliphatic rings. The van der Waals surface area contributed by atoms with Gasteiger partial charge in [-0.2, -0.15) is 0 Å². The number of carboxylic acid groups (broad SMARTS) is 1. The van der Waals surface area contributed by atoms with Crippen LogP contribution in [0.4, 0.5) is 0 Å². The third kappa shape index (κ3) is 4.35. The standard InChI is InChI=1S/C13H16O6/c1-19-12(17)7-10(14)13(18)9-5-3-2-4-8(9)6-11(15)16/h2-5,10,13-14,18H,6-7H2,1H3,(H,15,16). The van der Waals surface area contributed by atoms with Crippen molar-refractivity contribution >= 4 is 11.9 Å². The van der Waals surface area contributed by atoms with Crippen LogP contribution >= 0.6 is 0 Å². The minimum absolute atomic E-state index is 0.266. The van der Waals surface area contributed by atoms with Crippen LogP contribution in [0.1, 0.15) is 23.7 Å². The molecular weight excluding hydrogens is 252 g/mol. The van der Waals surface area contributed by atoms with E-state index in [-0.39, 0.29) is 12.8 Å². The van der Waals surface area contributed by atoms with Crippen molar-refractivity contribution in [3.63, 3.8) is 0 Å². The lowest BCUT2D eigenvalue weighted by molar-refractivity contribution is -0.145. The third-order valence-corrected chi connectivity index (χ3v) is 2.68. The summed E-state index contributed by atoms with van der Waals surface area (Å²) >= 11 is 0. The van der Waals surface area contributed by atoms with Crippen LogP contribution in [0.5, 0.6) is 0 Å². The maximum absolute atomic E-state index is 11.0. The maximum atomic E-state index is 11.0. The first-order valence-electron chi connectivity index (χ1n) is 5.68. The quantitative estimate of drug-likeness (QED) is 0.640. The zero-order chi connectivity index (χ0) is 14.4. The zero-order valence-corrected chi connectivity index (χ0v) is 10.4. The number of rotatable bonds is 6. The zero-order valence-electron chi connectivity index (χ0n) is 10.4. The Morgan fingerprint density at radius 3 is 2.47 bits per heavy atom. The predicted octanol–water partition coefficient (Wildman–Crippen LogP) is 0.271. The number of carbonyl (C=O) groups is 2. The van der Waals surface area contributed by atoms with Gasteiger partial charge in [-0.3, -0.25) is 9.59 Å². The minimum Gasteiger partial charge on any atom is -0.481 e. The average molecular weight is 268 g/mol. The SMILES string of the molecule is COC(=O)CC(O)C(O)c1ccccc1CC(=O)O. The normalized spacial score (nSPS) is 13.6. The molecule has 0 aliphatic heterocycles. The second-order valence-electron chi connectivity index (χ2n) is 4.06. The first kappa shape index (κ1) is 15.1. The number of aliphatic hydroxyl groups is 2. The van der Waals surface area contributed by atoms with Crippen molar-refractivity contribution in [2.24, 2.45) is 0 Å². The van der Waals surface area contributed by atoms with Gasteiger partial charge in [-0.05, 0) is 11.1 Å². The molecular formula is C13H16O6. The van der Waals surface area contributed by atoms with E-state index in [1.807, 2.05) is 0 Å². The van der Waals surface area contributed by atoms with Crippen molar-refractivity contribution in [2.75, 3.05) is 7.11 Å². The van der Waals surface area contributed by atoms with E-state index in [0.717, 1.165) is 0 Å². The number of hydrogen-bond donors (Lipinski definition) is 3. The first-order valence-corrected chi connectivity index (χ1v) is 5.68. The summed E-state index contributed by atoms with van der Waals surface area (Å²) in [6, 6.07) is 6.33. The Bertz CT molecular complexity index is 456. The van der Waals surface area contributed by atoms with Crippen molar-refractivity contribution in [3.8, 4) is 0 Å². The van der Waals surface area contributed by atoms with Crippen LogP contribution in [0.2, 0.25) is 0 Å². The van der Waals surface area contributed by atoms with E-state index >= 15 is 0 Å². The highest BCUT2D eigenvalue weighted by atomic mass is 16.5. The number of aliphatic hydroxyl groups excluding tert-OH is 2. The first-order chi connectivity index (χ1) is 8.95. The van der Waals surface area contributed by atoms with Gasteiger partial charge in [0.05, 0.1) is 26.1 Å². The smallest absolute Gasteiger partial charge is 0.308 e. The van der Waals surface area contributed by atoms with Crippen LogP contribution in [0, 0.1) is 0 Å². The van der Waals surface area contributed by atoms with E-state index < -0.39 is 24.1 Å². The van der Waals surface area contributed by atoms with Crippen molar-refractivity contribution in [3.05, 3.63) is 35.4 Å². The molecule has 0 spiro atoms. The summed E-state index contributed by atoms with van der Waals surface area (Å²) in [7, 11) is 1.18. The van der Waals surface area contributed by atoms with Gasteiger partial charge in [0, 0.05) is 0 Å². The molecule has 6 heteroatoms. The molecule has 104 valence electrons. The van der Waals surface area contributed by atoms with E-state index in [9.17, 15) is 19.8 Å². The van der Waals surface area contributed by atoms with Gasteiger partial charge in [0.15, 0.2) is 0 Å². The highest BCUT2D eigenvalue weighted by Gasteiger charge is 2.24. The predicted molar refractivity (Wildman–Crippen MR) is 65.4 cm³/mol. The Kier molecular flexibility index (Phi) is 5.47. The molecule has 1 rings (SSSR count). The second-order valence-corrected chi connectivity index (χ2v) is 4.06. The fraction of sp³-hybridized carbons (Fsp3) is 0.385. The van der Waals surface area contributed by atoms with Gasteiger partial charge in [-0.15, -0.1) is 0 Å². The molecule has 0 bridgehead atoms. The molecule has 0 amide bonds. The molecule has 1 aromatic carbocycles. The number of carbonyl (C=O) groups excluding carboxylic acids is 1. The fourth-order valence-corrected chi connectivity index (χ4v) is 1.72. The molecule has 19 heavy (non-hydrogen) atoms. The lowest BCUT2D eigenvalue weighted by Crippen LogP contribution is -2.23. The summed E-state index contributed by atoms with van der Waals surface area (Å²) in [5, 5.41) is 28.5. The highest BCUT2D eigenvalue weighted by molar-refractivity contribution is 5.71. The maximum Gasteiger partial charge on any atom is 0.308 e. The average Bonchev–Trinajstić information content (AvgIpc) is 2.37. The molecule has 0 saturated carbocycles. The Morgan fingerprint density at radius 1 is 1.26 bits per heavy atom. The van der Waals surface area contributed by atoms with E-state index in [1.54, 1.807) is 18.2 Å². The molecule has 1 aromatic rings. The second kappa shape index (κ2) is 6.86. The number of ether oxygens (including phenoxy) is 1. The van der Waals surface area contributed by atoms with E-state index in [2.05, 4.69) is 4.74 Å². The number of benzene rings is 1. The summed E-state index contributed by atoms with van der Waals surface area (Å²) in [6.45, 7) is 0. The van der Waals surface area contributed by atoms with Crippen molar-refractivity contribution < 1.29 is 29.6 Å². The van der Waals surface area contributed by atoms with Gasteiger partial charge in [0.1, 0.15) is 6.10 Å². The molecule has 0 radical (unpaired) electrons. The highest BCUT2D eigenvalue weighted by Crippen LogP contribution is 2.23. The molecule has 0 heterocycles. The number of aliphatic carboxylic acids is 1. The van der Waals surface area contributed by atoms with Crippen molar-refractivity contribution in [2.45, 2.75) is 25.0 Å². The Labute approximate surface area is 110 Å². The van der Waals surface area contributed by atoms with Crippen LogP contribution in [0.15, 0.2) is 24.3 Å². The molecule has 6 nitrogen and oxygen atoms in total. The Morgan fingerprint density at radius 2 is 1.89 bits per heavy atom. The number of hydrogen-bond acceptors (Lipinski definition) is 5. The van der Waals surface area contributed by atoms with Gasteiger partial charge in [-0.1, -0.05) is 24.3 Å². The van der Waals surface area contributed by atoms with E-state index in [4.69, 9.17) is 5.11 Å². The summed E-state index contributed by atoms with van der Waals surface area (Å²) in [4.78, 5) is 21.8. The van der Waals surface area contributed by atoms with E-state index in [0.29, 0.717) is 11.1 Å². The summed E-state index contributed by atoms with van der Waals surface area (Å²) < 4.78 is 4.40. The number of methoxy groups -OCH3 is 1. The molecule has 3 N–H and O–H groups in total. The molecule has 2 unspecified atom stereocenters. The lowest BCUT2D eigenvalue weighted by Gasteiger charge is -2.19. The topological polar surface area (TPSA) is 104 Å². The molecule has 2 atom stereocenters. The van der Waals surface area contributed by atoms with Gasteiger partial charge in [0.25, 0.3) is 0 Å². The Hall–Kier alpha value is -1.92. The summed E-state index contributed by atoms with van der Waals surface area (Å²) in [5.41, 5.74) is 0.688. The van der Waals surface area contributed by atoms with Crippen molar-refractivity contribution in [1.29, 1.82) is 0 Å². The van der Waals surface area contributed by atoms with Crippen LogP contribution < -0.4 is 0 Å². The van der Waals surface area contributed by atoms with Gasteiger partial charge in [0.2, 0.25) is 0 Å². The lowest BCUT2D eigenvalue weighted by atomic mass is 9.95. The van der Waals surface area contributed by atoms with Gasteiger partial charge in [-0.25, -0.2) is 0 Å².